The molecule has 1 amide bonds. The molecule has 336 valence electrons. The van der Waals surface area contributed by atoms with Gasteiger partial charge in [-0.25, -0.2) is 0 Å². The monoisotopic (exact) mass is 848 g/mol. The maximum absolute atomic E-state index is 12.6. The molecule has 1 saturated carbocycles. The Labute approximate surface area is 370 Å². The average Bonchev–Trinajstić information content (AvgIpc) is 3.39. The molecule has 1 N–H and O–H groups in total. The molecule has 8 heteroatoms. The van der Waals surface area contributed by atoms with Crippen LogP contribution in [0.25, 0.3) is 0 Å². The summed E-state index contributed by atoms with van der Waals surface area (Å²) in [6.45, 7) is 5.91. The Morgan fingerprint density at radius 2 is 1.10 bits per heavy atom. The first-order valence-corrected chi connectivity index (χ1v) is 24.7. The smallest absolute Gasteiger partial charge is 0.224 e. The van der Waals surface area contributed by atoms with E-state index in [1.165, 1.54) is 107 Å². The van der Waals surface area contributed by atoms with Gasteiger partial charge in [0, 0.05) is 31.1 Å². The standard InChI is InChI=1S/C52H81NO6S/c54-51(29-13-5-3-1-2-4-6-16-35-55-37-38-56-39-40-57-41-42-58-43-44-60)53-50-32-30-47(31-33-50)24-18-22-45-19-14-15-20-46(23-17-21-45)34-36-59-52(48-25-9-7-10-26-48)49-27-11-8-12-28-49/h7-12,25-28,30,32,45-46,52,60H,1-6,13-24,29,31,33-44H2,(H,53,54). The van der Waals surface area contributed by atoms with E-state index >= 15 is 0 Å². The van der Waals surface area contributed by atoms with Crippen molar-refractivity contribution in [2.45, 2.75) is 147 Å². The summed E-state index contributed by atoms with van der Waals surface area (Å²) in [5.41, 5.74) is 5.13. The molecule has 0 heterocycles. The summed E-state index contributed by atoms with van der Waals surface area (Å²) in [5, 5.41) is 3.20. The van der Waals surface area contributed by atoms with Crippen LogP contribution in [-0.4, -0.2) is 71.1 Å². The first-order chi connectivity index (χ1) is 29.7. The second-order valence-corrected chi connectivity index (χ2v) is 17.5. The van der Waals surface area contributed by atoms with E-state index in [1.807, 2.05) is 0 Å². The average molecular weight is 848 g/mol. The molecule has 0 aliphatic heterocycles. The highest BCUT2D eigenvalue weighted by Gasteiger charge is 2.19. The molecule has 0 saturated heterocycles. The minimum Gasteiger partial charge on any atom is -0.379 e. The highest BCUT2D eigenvalue weighted by atomic mass is 32.1. The van der Waals surface area contributed by atoms with Gasteiger partial charge in [0.2, 0.25) is 5.91 Å². The zero-order valence-electron chi connectivity index (χ0n) is 37.2. The van der Waals surface area contributed by atoms with Crippen molar-refractivity contribution in [3.05, 3.63) is 95.2 Å². The van der Waals surface area contributed by atoms with Gasteiger partial charge in [-0.1, -0.05) is 162 Å². The molecule has 2 aliphatic carbocycles. The van der Waals surface area contributed by atoms with Crippen LogP contribution >= 0.6 is 12.6 Å². The van der Waals surface area contributed by atoms with Gasteiger partial charge in [0.25, 0.3) is 0 Å². The van der Waals surface area contributed by atoms with Gasteiger partial charge in [0.15, 0.2) is 0 Å². The number of benzene rings is 2. The third-order valence-corrected chi connectivity index (χ3v) is 12.3. The van der Waals surface area contributed by atoms with Crippen LogP contribution in [0.2, 0.25) is 0 Å². The highest BCUT2D eigenvalue weighted by Crippen LogP contribution is 2.32. The van der Waals surface area contributed by atoms with Crippen LogP contribution in [0.15, 0.2) is 84.1 Å². The summed E-state index contributed by atoms with van der Waals surface area (Å²) < 4.78 is 28.6. The van der Waals surface area contributed by atoms with E-state index < -0.39 is 0 Å². The second kappa shape index (κ2) is 34.1. The van der Waals surface area contributed by atoms with Crippen molar-refractivity contribution in [2.75, 3.05) is 65.2 Å². The molecule has 60 heavy (non-hydrogen) atoms. The van der Waals surface area contributed by atoms with E-state index in [1.54, 1.807) is 5.57 Å². The largest absolute Gasteiger partial charge is 0.379 e. The van der Waals surface area contributed by atoms with Crippen molar-refractivity contribution in [2.24, 2.45) is 11.8 Å². The molecule has 0 bridgehead atoms. The van der Waals surface area contributed by atoms with Crippen LogP contribution < -0.4 is 5.32 Å². The molecule has 0 radical (unpaired) electrons. The number of nitrogens with one attached hydrogen (secondary N) is 1. The van der Waals surface area contributed by atoms with Gasteiger partial charge < -0.3 is 29.0 Å². The summed E-state index contributed by atoms with van der Waals surface area (Å²) >= 11 is 4.10. The SMILES string of the molecule is O=C(CCCCCCCCCCOCCOCCOCCOCCS)NC1=CC=C(CCCC2CCCCC(CCOC(c3ccccc3)c3ccccc3)CCC2)CC1. The van der Waals surface area contributed by atoms with Crippen molar-refractivity contribution < 1.29 is 28.5 Å². The molecule has 2 aromatic rings. The molecule has 0 aromatic heterocycles. The topological polar surface area (TPSA) is 75.3 Å². The van der Waals surface area contributed by atoms with E-state index in [9.17, 15) is 4.79 Å². The van der Waals surface area contributed by atoms with Gasteiger partial charge in [-0.05, 0) is 74.0 Å². The number of ether oxygens (including phenoxy) is 5. The van der Waals surface area contributed by atoms with E-state index in [2.05, 4.69) is 90.8 Å². The van der Waals surface area contributed by atoms with Crippen LogP contribution in [-0.2, 0) is 28.5 Å². The molecule has 1 fully saturated rings. The fourth-order valence-electron chi connectivity index (χ4n) is 8.65. The maximum Gasteiger partial charge on any atom is 0.224 e. The minimum atomic E-state index is 0.00688. The van der Waals surface area contributed by atoms with E-state index in [-0.39, 0.29) is 12.0 Å². The number of thiol groups is 1. The van der Waals surface area contributed by atoms with E-state index in [0.717, 1.165) is 75.0 Å². The quantitative estimate of drug-likeness (QED) is 0.0550. The maximum atomic E-state index is 12.6. The van der Waals surface area contributed by atoms with Crippen molar-refractivity contribution in [3.8, 4) is 0 Å². The molecule has 2 aliphatic rings. The minimum absolute atomic E-state index is 0.00688. The number of rotatable bonds is 33. The molecule has 0 spiro atoms. The lowest BCUT2D eigenvalue weighted by Gasteiger charge is -2.22. The van der Waals surface area contributed by atoms with Gasteiger partial charge in [0.05, 0.1) is 46.2 Å². The summed E-state index contributed by atoms with van der Waals surface area (Å²) in [5.74, 6) is 2.56. The molecular formula is C52H81NO6S. The van der Waals surface area contributed by atoms with Gasteiger partial charge in [-0.15, -0.1) is 0 Å². The number of allylic oxidation sites excluding steroid dienone is 4. The second-order valence-electron chi connectivity index (χ2n) is 17.0. The summed E-state index contributed by atoms with van der Waals surface area (Å²) in [7, 11) is 0. The van der Waals surface area contributed by atoms with Gasteiger partial charge in [0.1, 0.15) is 6.10 Å². The van der Waals surface area contributed by atoms with Crippen molar-refractivity contribution in [3.63, 3.8) is 0 Å². The van der Waals surface area contributed by atoms with Crippen molar-refractivity contribution in [1.82, 2.24) is 5.32 Å². The zero-order valence-corrected chi connectivity index (χ0v) is 38.1. The van der Waals surface area contributed by atoms with Crippen LogP contribution in [0.4, 0.5) is 0 Å². The first-order valence-electron chi connectivity index (χ1n) is 24.0. The molecular weight excluding hydrogens is 767 g/mol. The lowest BCUT2D eigenvalue weighted by atomic mass is 9.89. The number of hydrogen-bond acceptors (Lipinski definition) is 7. The Morgan fingerprint density at radius 3 is 1.68 bits per heavy atom. The Morgan fingerprint density at radius 1 is 0.567 bits per heavy atom. The number of carbonyl (C=O) groups is 1. The van der Waals surface area contributed by atoms with Crippen LogP contribution in [0, 0.1) is 11.8 Å². The van der Waals surface area contributed by atoms with Crippen molar-refractivity contribution in [1.29, 1.82) is 0 Å². The van der Waals surface area contributed by atoms with E-state index in [4.69, 9.17) is 23.7 Å². The molecule has 2 unspecified atom stereocenters. The number of amides is 1. The number of carbonyl (C=O) groups excluding carboxylic acids is 1. The summed E-state index contributed by atoms with van der Waals surface area (Å²) in [4.78, 5) is 12.6. The summed E-state index contributed by atoms with van der Waals surface area (Å²) in [6, 6.07) is 21.4. The normalized spacial score (nSPS) is 17.4. The lowest BCUT2D eigenvalue weighted by molar-refractivity contribution is -0.120. The first kappa shape index (κ1) is 50.2. The molecule has 4 rings (SSSR count). The molecule has 7 nitrogen and oxygen atoms in total. The highest BCUT2D eigenvalue weighted by molar-refractivity contribution is 7.80. The Hall–Kier alpha value is -2.46. The number of hydrogen-bond donors (Lipinski definition) is 2. The number of unbranched alkanes of at least 4 members (excludes halogenated alkanes) is 7. The van der Waals surface area contributed by atoms with Gasteiger partial charge in [-0.3, -0.25) is 4.79 Å². The third kappa shape index (κ3) is 23.7. The Bertz CT molecular complexity index is 1360. The zero-order chi connectivity index (χ0) is 42.0. The third-order valence-electron chi connectivity index (χ3n) is 12.2. The Kier molecular flexibility index (Phi) is 28.5. The van der Waals surface area contributed by atoms with Gasteiger partial charge >= 0.3 is 0 Å². The van der Waals surface area contributed by atoms with Gasteiger partial charge in [-0.2, -0.15) is 12.6 Å². The van der Waals surface area contributed by atoms with Crippen LogP contribution in [0.3, 0.4) is 0 Å². The van der Waals surface area contributed by atoms with Crippen LogP contribution in [0.1, 0.15) is 158 Å². The van der Waals surface area contributed by atoms with Crippen LogP contribution in [0.5, 0.6) is 0 Å². The molecule has 2 atom stereocenters. The fourth-order valence-corrected chi connectivity index (χ4v) is 8.78. The van der Waals surface area contributed by atoms with E-state index in [0.29, 0.717) is 52.7 Å². The van der Waals surface area contributed by atoms with Crippen molar-refractivity contribution >= 4 is 18.5 Å². The molecule has 2 aromatic carbocycles. The predicted octanol–water partition coefficient (Wildman–Crippen LogP) is 12.6. The Balaban J connectivity index is 0.945. The lowest BCUT2D eigenvalue weighted by Crippen LogP contribution is -2.23. The predicted molar refractivity (Wildman–Crippen MR) is 251 cm³/mol. The summed E-state index contributed by atoms with van der Waals surface area (Å²) in [6.07, 6.45) is 31.1. The fraction of sp³-hybridized carbons (Fsp3) is 0.673.